The van der Waals surface area contributed by atoms with Gasteiger partial charge in [0, 0.05) is 12.2 Å². The van der Waals surface area contributed by atoms with Crippen molar-refractivity contribution in [2.45, 2.75) is 37.5 Å². The van der Waals surface area contributed by atoms with Crippen LogP contribution >= 0.6 is 0 Å². The van der Waals surface area contributed by atoms with Gasteiger partial charge in [-0.05, 0) is 57.0 Å². The van der Waals surface area contributed by atoms with Crippen LogP contribution in [-0.2, 0) is 14.8 Å². The summed E-state index contributed by atoms with van der Waals surface area (Å²) in [6, 6.07) is 4.98. The van der Waals surface area contributed by atoms with E-state index in [4.69, 9.17) is 0 Å². The molecule has 2 aliphatic rings. The lowest BCUT2D eigenvalue weighted by Crippen LogP contribution is -2.44. The van der Waals surface area contributed by atoms with E-state index in [0.29, 0.717) is 23.7 Å². The number of sulfonamides is 1. The summed E-state index contributed by atoms with van der Waals surface area (Å²) in [5.41, 5.74) is 0.777. The molecular formula is C17H25N3O3S. The molecule has 3 N–H and O–H groups in total. The summed E-state index contributed by atoms with van der Waals surface area (Å²) in [6.45, 7) is 3.32. The van der Waals surface area contributed by atoms with Gasteiger partial charge in [0.15, 0.2) is 0 Å². The molecule has 1 aliphatic carbocycles. The predicted octanol–water partition coefficient (Wildman–Crippen LogP) is 1.62. The average Bonchev–Trinajstić information content (AvgIpc) is 3.01. The summed E-state index contributed by atoms with van der Waals surface area (Å²) in [5, 5.41) is 6.37. The van der Waals surface area contributed by atoms with Gasteiger partial charge in [0.1, 0.15) is 0 Å². The van der Waals surface area contributed by atoms with Gasteiger partial charge in [-0.3, -0.25) is 4.79 Å². The van der Waals surface area contributed by atoms with Crippen molar-refractivity contribution in [2.75, 3.05) is 25.5 Å². The number of hydrogen-bond donors (Lipinski definition) is 3. The maximum absolute atomic E-state index is 13.0. The molecule has 1 aliphatic heterocycles. The Morgan fingerprint density at radius 3 is 2.88 bits per heavy atom. The van der Waals surface area contributed by atoms with Crippen molar-refractivity contribution in [3.8, 4) is 0 Å². The van der Waals surface area contributed by atoms with Gasteiger partial charge in [-0.15, -0.1) is 0 Å². The van der Waals surface area contributed by atoms with E-state index in [-0.39, 0.29) is 16.2 Å². The summed E-state index contributed by atoms with van der Waals surface area (Å²) in [5.74, 6) is 0.384. The average molecular weight is 351 g/mol. The zero-order chi connectivity index (χ0) is 17.4. The van der Waals surface area contributed by atoms with Crippen molar-refractivity contribution >= 4 is 21.6 Å². The lowest BCUT2D eigenvalue weighted by molar-refractivity contribution is -0.128. The summed E-state index contributed by atoms with van der Waals surface area (Å²) in [6.07, 6.45) is 4.21. The zero-order valence-corrected chi connectivity index (χ0v) is 15.0. The minimum absolute atomic E-state index is 0.0132. The second kappa shape index (κ2) is 6.46. The molecule has 0 aromatic heterocycles. The molecular weight excluding hydrogens is 326 g/mol. The van der Waals surface area contributed by atoms with Crippen LogP contribution in [0.3, 0.4) is 0 Å². The van der Waals surface area contributed by atoms with Gasteiger partial charge in [0.2, 0.25) is 15.9 Å². The Kier molecular flexibility index (Phi) is 4.68. The summed E-state index contributed by atoms with van der Waals surface area (Å²) in [4.78, 5) is 13.2. The van der Waals surface area contributed by atoms with Gasteiger partial charge in [-0.25, -0.2) is 13.1 Å². The normalized spacial score (nSPS) is 26.8. The van der Waals surface area contributed by atoms with E-state index in [9.17, 15) is 13.2 Å². The summed E-state index contributed by atoms with van der Waals surface area (Å²) >= 11 is 0. The van der Waals surface area contributed by atoms with Gasteiger partial charge < -0.3 is 10.6 Å². The first-order valence-corrected chi connectivity index (χ1v) is 9.94. The van der Waals surface area contributed by atoms with Crippen molar-refractivity contribution in [3.05, 3.63) is 23.8 Å². The van der Waals surface area contributed by atoms with Crippen molar-refractivity contribution in [2.24, 2.45) is 11.3 Å². The first kappa shape index (κ1) is 17.4. The van der Waals surface area contributed by atoms with Crippen LogP contribution in [0.1, 0.15) is 31.2 Å². The molecule has 0 bridgehead atoms. The topological polar surface area (TPSA) is 87.3 Å². The van der Waals surface area contributed by atoms with Gasteiger partial charge >= 0.3 is 0 Å². The molecule has 1 aromatic carbocycles. The molecule has 1 saturated heterocycles. The molecule has 0 spiro atoms. The Balaban J connectivity index is 1.89. The molecule has 1 amide bonds. The fourth-order valence-corrected chi connectivity index (χ4v) is 5.08. The monoisotopic (exact) mass is 351 g/mol. The van der Waals surface area contributed by atoms with Crippen molar-refractivity contribution in [3.63, 3.8) is 0 Å². The SMILES string of the molecule is CNS(=O)(=O)c1cccc(NC(=O)[C@@]23CCCC[C@H]2CNC3)c1C. The van der Waals surface area contributed by atoms with Gasteiger partial charge in [0.05, 0.1) is 10.3 Å². The van der Waals surface area contributed by atoms with Crippen LogP contribution in [0.4, 0.5) is 5.69 Å². The molecule has 7 heteroatoms. The molecule has 3 rings (SSSR count). The molecule has 1 saturated carbocycles. The molecule has 2 atom stereocenters. The third kappa shape index (κ3) is 2.85. The standard InChI is InChI=1S/C17H25N3O3S/c1-12-14(7-5-8-15(12)24(22,23)18-2)20-16(21)17-9-4-3-6-13(17)10-19-11-17/h5,7-8,13,18-19H,3-4,6,9-11H2,1-2H3,(H,20,21)/t13-,17+/m0/s1. The highest BCUT2D eigenvalue weighted by molar-refractivity contribution is 7.89. The van der Waals surface area contributed by atoms with Crippen LogP contribution in [0, 0.1) is 18.3 Å². The number of carbonyl (C=O) groups is 1. The fraction of sp³-hybridized carbons (Fsp3) is 0.588. The molecule has 132 valence electrons. The Hall–Kier alpha value is -1.44. The fourth-order valence-electron chi connectivity index (χ4n) is 4.09. The smallest absolute Gasteiger partial charge is 0.240 e. The Morgan fingerprint density at radius 2 is 2.12 bits per heavy atom. The molecule has 24 heavy (non-hydrogen) atoms. The van der Waals surface area contributed by atoms with Crippen LogP contribution in [0.2, 0.25) is 0 Å². The second-order valence-electron chi connectivity index (χ2n) is 6.82. The minimum atomic E-state index is -3.54. The lowest BCUT2D eigenvalue weighted by atomic mass is 9.67. The number of anilines is 1. The third-order valence-corrected chi connectivity index (χ3v) is 7.14. The number of carbonyl (C=O) groups excluding carboxylic acids is 1. The largest absolute Gasteiger partial charge is 0.325 e. The molecule has 0 radical (unpaired) electrons. The molecule has 6 nitrogen and oxygen atoms in total. The minimum Gasteiger partial charge on any atom is -0.325 e. The first-order chi connectivity index (χ1) is 11.4. The van der Waals surface area contributed by atoms with Crippen LogP contribution in [0.5, 0.6) is 0 Å². The van der Waals surface area contributed by atoms with Crippen molar-refractivity contribution in [1.29, 1.82) is 0 Å². The highest BCUT2D eigenvalue weighted by atomic mass is 32.2. The quantitative estimate of drug-likeness (QED) is 0.769. The maximum Gasteiger partial charge on any atom is 0.240 e. The van der Waals surface area contributed by atoms with Crippen LogP contribution in [0.15, 0.2) is 23.1 Å². The van der Waals surface area contributed by atoms with Crippen LogP contribution < -0.4 is 15.4 Å². The number of fused-ring (bicyclic) bond motifs is 1. The number of hydrogen-bond acceptors (Lipinski definition) is 4. The van der Waals surface area contributed by atoms with Crippen molar-refractivity contribution in [1.82, 2.24) is 10.0 Å². The van der Waals surface area contributed by atoms with Gasteiger partial charge in [-0.1, -0.05) is 18.9 Å². The molecule has 1 aromatic rings. The number of nitrogens with one attached hydrogen (secondary N) is 3. The molecule has 1 heterocycles. The van der Waals surface area contributed by atoms with Gasteiger partial charge in [-0.2, -0.15) is 0 Å². The van der Waals surface area contributed by atoms with E-state index < -0.39 is 10.0 Å². The van der Waals surface area contributed by atoms with E-state index in [1.807, 2.05) is 0 Å². The summed E-state index contributed by atoms with van der Waals surface area (Å²) in [7, 11) is -2.16. The van der Waals surface area contributed by atoms with E-state index in [1.54, 1.807) is 25.1 Å². The highest BCUT2D eigenvalue weighted by Gasteiger charge is 2.49. The Bertz CT molecular complexity index is 747. The van der Waals surface area contributed by atoms with E-state index in [1.165, 1.54) is 13.5 Å². The number of amides is 1. The summed E-state index contributed by atoms with van der Waals surface area (Å²) < 4.78 is 26.5. The zero-order valence-electron chi connectivity index (χ0n) is 14.2. The molecule has 2 fully saturated rings. The highest BCUT2D eigenvalue weighted by Crippen LogP contribution is 2.44. The molecule has 0 unspecified atom stereocenters. The van der Waals surface area contributed by atoms with Crippen molar-refractivity contribution < 1.29 is 13.2 Å². The van der Waals surface area contributed by atoms with E-state index in [0.717, 1.165) is 25.8 Å². The number of benzene rings is 1. The lowest BCUT2D eigenvalue weighted by Gasteiger charge is -2.37. The predicted molar refractivity (Wildman–Crippen MR) is 93.3 cm³/mol. The second-order valence-corrected chi connectivity index (χ2v) is 8.68. The first-order valence-electron chi connectivity index (χ1n) is 8.46. The van der Waals surface area contributed by atoms with E-state index in [2.05, 4.69) is 15.4 Å². The maximum atomic E-state index is 13.0. The Labute approximate surface area is 143 Å². The van der Waals surface area contributed by atoms with Crippen LogP contribution in [-0.4, -0.2) is 34.5 Å². The number of rotatable bonds is 4. The van der Waals surface area contributed by atoms with E-state index >= 15 is 0 Å². The Morgan fingerprint density at radius 1 is 1.33 bits per heavy atom. The third-order valence-electron chi connectivity index (χ3n) is 5.58. The van der Waals surface area contributed by atoms with Crippen LogP contribution in [0.25, 0.3) is 0 Å². The van der Waals surface area contributed by atoms with Gasteiger partial charge in [0.25, 0.3) is 0 Å².